The number of sulfone groups is 1. The Hall–Kier alpha value is -0.350. The van der Waals surface area contributed by atoms with Crippen molar-refractivity contribution < 1.29 is 8.42 Å². The summed E-state index contributed by atoms with van der Waals surface area (Å²) >= 11 is 0. The van der Waals surface area contributed by atoms with Crippen LogP contribution in [-0.4, -0.2) is 32.5 Å². The lowest BCUT2D eigenvalue weighted by molar-refractivity contribution is 0.576. The molecule has 0 spiro atoms. The molecule has 4 heteroatoms. The second kappa shape index (κ2) is 5.51. The third kappa shape index (κ3) is 3.42. The molecule has 0 saturated heterocycles. The molecule has 0 atom stereocenters. The van der Waals surface area contributed by atoms with E-state index in [-0.39, 0.29) is 11.0 Å². The largest absolute Gasteiger partial charge is 0.312 e. The van der Waals surface area contributed by atoms with Gasteiger partial charge < -0.3 is 5.32 Å². The van der Waals surface area contributed by atoms with Crippen molar-refractivity contribution in [3.8, 4) is 0 Å². The molecular formula is C10H19NO2S. The van der Waals surface area contributed by atoms with Gasteiger partial charge in [-0.3, -0.25) is 0 Å². The Morgan fingerprint density at radius 3 is 2.57 bits per heavy atom. The minimum Gasteiger partial charge on any atom is -0.312 e. The third-order valence-electron chi connectivity index (χ3n) is 2.66. The Labute approximate surface area is 86.5 Å². The third-order valence-corrected chi connectivity index (χ3v) is 4.92. The zero-order valence-electron chi connectivity index (χ0n) is 8.54. The minimum atomic E-state index is -2.84. The van der Waals surface area contributed by atoms with Crippen molar-refractivity contribution in [3.05, 3.63) is 12.7 Å². The van der Waals surface area contributed by atoms with Gasteiger partial charge in [-0.15, -0.1) is 6.58 Å². The lowest BCUT2D eigenvalue weighted by atomic mass is 10.4. The molecule has 0 heterocycles. The van der Waals surface area contributed by atoms with Crippen LogP contribution in [0.1, 0.15) is 25.7 Å². The van der Waals surface area contributed by atoms with Crippen molar-refractivity contribution in [2.45, 2.75) is 30.9 Å². The fraction of sp³-hybridized carbons (Fsp3) is 0.800. The molecule has 0 amide bonds. The van der Waals surface area contributed by atoms with Gasteiger partial charge in [0.1, 0.15) is 0 Å². The predicted molar refractivity (Wildman–Crippen MR) is 59.1 cm³/mol. The van der Waals surface area contributed by atoms with Gasteiger partial charge in [-0.2, -0.15) is 0 Å². The summed E-state index contributed by atoms with van der Waals surface area (Å²) < 4.78 is 23.5. The molecule has 0 bridgehead atoms. The Balaban J connectivity index is 2.30. The molecule has 1 rings (SSSR count). The SMILES string of the molecule is C=CCNCCS(=O)(=O)C1CCCC1. The van der Waals surface area contributed by atoms with Crippen molar-refractivity contribution in [1.82, 2.24) is 5.32 Å². The highest BCUT2D eigenvalue weighted by Crippen LogP contribution is 2.24. The van der Waals surface area contributed by atoms with E-state index in [1.54, 1.807) is 6.08 Å². The Morgan fingerprint density at radius 1 is 1.36 bits per heavy atom. The highest BCUT2D eigenvalue weighted by molar-refractivity contribution is 7.92. The maximum atomic E-state index is 11.7. The second-order valence-electron chi connectivity index (χ2n) is 3.77. The average Bonchev–Trinajstić information content (AvgIpc) is 2.65. The molecule has 1 aliphatic rings. The van der Waals surface area contributed by atoms with Crippen LogP contribution < -0.4 is 5.32 Å². The summed E-state index contributed by atoms with van der Waals surface area (Å²) in [6.07, 6.45) is 5.61. The molecule has 14 heavy (non-hydrogen) atoms. The lowest BCUT2D eigenvalue weighted by Crippen LogP contribution is -2.28. The average molecular weight is 217 g/mol. The van der Waals surface area contributed by atoms with Crippen molar-refractivity contribution in [1.29, 1.82) is 0 Å². The summed E-state index contributed by atoms with van der Waals surface area (Å²) in [4.78, 5) is 0. The summed E-state index contributed by atoms with van der Waals surface area (Å²) in [6, 6.07) is 0. The first kappa shape index (κ1) is 11.7. The molecule has 0 aromatic heterocycles. The van der Waals surface area contributed by atoms with E-state index in [1.165, 1.54) is 0 Å². The zero-order valence-corrected chi connectivity index (χ0v) is 9.35. The van der Waals surface area contributed by atoms with Gasteiger partial charge in [0.05, 0.1) is 11.0 Å². The number of hydrogen-bond donors (Lipinski definition) is 1. The van der Waals surface area contributed by atoms with E-state index >= 15 is 0 Å². The molecule has 1 N–H and O–H groups in total. The monoisotopic (exact) mass is 217 g/mol. The first-order chi connectivity index (χ1) is 6.67. The molecule has 1 aliphatic carbocycles. The first-order valence-corrected chi connectivity index (χ1v) is 6.91. The molecule has 1 fully saturated rings. The van der Waals surface area contributed by atoms with Gasteiger partial charge in [-0.25, -0.2) is 8.42 Å². The van der Waals surface area contributed by atoms with Gasteiger partial charge in [0.15, 0.2) is 9.84 Å². The summed E-state index contributed by atoms with van der Waals surface area (Å²) in [6.45, 7) is 4.79. The van der Waals surface area contributed by atoms with E-state index in [2.05, 4.69) is 11.9 Å². The number of rotatable bonds is 6. The van der Waals surface area contributed by atoms with Crippen LogP contribution >= 0.6 is 0 Å². The molecule has 0 aromatic rings. The summed E-state index contributed by atoms with van der Waals surface area (Å²) in [7, 11) is -2.84. The van der Waals surface area contributed by atoms with Crippen LogP contribution in [-0.2, 0) is 9.84 Å². The van der Waals surface area contributed by atoms with Crippen molar-refractivity contribution in [3.63, 3.8) is 0 Å². The normalized spacial score (nSPS) is 18.6. The van der Waals surface area contributed by atoms with E-state index < -0.39 is 9.84 Å². The van der Waals surface area contributed by atoms with Crippen molar-refractivity contribution in [2.24, 2.45) is 0 Å². The molecule has 0 aromatic carbocycles. The van der Waals surface area contributed by atoms with Gasteiger partial charge >= 0.3 is 0 Å². The zero-order chi connectivity index (χ0) is 10.4. The van der Waals surface area contributed by atoms with Crippen LogP contribution in [0.15, 0.2) is 12.7 Å². The summed E-state index contributed by atoms with van der Waals surface area (Å²) in [5, 5.41) is 2.96. The Kier molecular flexibility index (Phi) is 4.62. The van der Waals surface area contributed by atoms with Gasteiger partial charge in [0.2, 0.25) is 0 Å². The van der Waals surface area contributed by atoms with Gasteiger partial charge in [-0.1, -0.05) is 18.9 Å². The summed E-state index contributed by atoms with van der Waals surface area (Å²) in [5.41, 5.74) is 0. The quantitative estimate of drug-likeness (QED) is 0.535. The lowest BCUT2D eigenvalue weighted by Gasteiger charge is -2.10. The predicted octanol–water partition coefficient (Wildman–Crippen LogP) is 1.12. The topological polar surface area (TPSA) is 46.2 Å². The highest BCUT2D eigenvalue weighted by Gasteiger charge is 2.27. The molecule has 0 aliphatic heterocycles. The molecule has 0 radical (unpaired) electrons. The highest BCUT2D eigenvalue weighted by atomic mass is 32.2. The fourth-order valence-corrected chi connectivity index (χ4v) is 3.65. The van der Waals surface area contributed by atoms with E-state index in [0.717, 1.165) is 25.7 Å². The van der Waals surface area contributed by atoms with Crippen molar-refractivity contribution in [2.75, 3.05) is 18.8 Å². The Morgan fingerprint density at radius 2 is 2.00 bits per heavy atom. The molecular weight excluding hydrogens is 198 g/mol. The van der Waals surface area contributed by atoms with Crippen LogP contribution in [0.25, 0.3) is 0 Å². The second-order valence-corrected chi connectivity index (χ2v) is 6.17. The van der Waals surface area contributed by atoms with E-state index in [1.807, 2.05) is 0 Å². The maximum Gasteiger partial charge on any atom is 0.154 e. The van der Waals surface area contributed by atoms with Gasteiger partial charge in [-0.05, 0) is 12.8 Å². The molecule has 1 saturated carbocycles. The molecule has 0 unspecified atom stereocenters. The van der Waals surface area contributed by atoms with Crippen LogP contribution in [0.2, 0.25) is 0 Å². The van der Waals surface area contributed by atoms with Crippen LogP contribution in [0, 0.1) is 0 Å². The van der Waals surface area contributed by atoms with Gasteiger partial charge in [0, 0.05) is 13.1 Å². The first-order valence-electron chi connectivity index (χ1n) is 5.20. The van der Waals surface area contributed by atoms with Crippen LogP contribution in [0.5, 0.6) is 0 Å². The number of hydrogen-bond acceptors (Lipinski definition) is 3. The van der Waals surface area contributed by atoms with Crippen LogP contribution in [0.3, 0.4) is 0 Å². The van der Waals surface area contributed by atoms with E-state index in [0.29, 0.717) is 13.1 Å². The maximum absolute atomic E-state index is 11.7. The van der Waals surface area contributed by atoms with Gasteiger partial charge in [0.25, 0.3) is 0 Å². The van der Waals surface area contributed by atoms with E-state index in [4.69, 9.17) is 0 Å². The van der Waals surface area contributed by atoms with Crippen LogP contribution in [0.4, 0.5) is 0 Å². The smallest absolute Gasteiger partial charge is 0.154 e. The fourth-order valence-electron chi connectivity index (χ4n) is 1.83. The molecule has 3 nitrogen and oxygen atoms in total. The summed E-state index contributed by atoms with van der Waals surface area (Å²) in [5.74, 6) is 0.269. The Bertz CT molecular complexity index is 266. The molecule has 82 valence electrons. The van der Waals surface area contributed by atoms with Crippen molar-refractivity contribution >= 4 is 9.84 Å². The van der Waals surface area contributed by atoms with E-state index in [9.17, 15) is 8.42 Å². The standard InChI is InChI=1S/C10H19NO2S/c1-2-7-11-8-9-14(12,13)10-5-3-4-6-10/h2,10-11H,1,3-9H2. The number of nitrogens with one attached hydrogen (secondary N) is 1. The minimum absolute atomic E-state index is 0.0620.